The van der Waals surface area contributed by atoms with E-state index >= 15 is 0 Å². The Hall–Kier alpha value is -4.26. The van der Waals surface area contributed by atoms with Crippen LogP contribution in [0.4, 0.5) is 11.4 Å². The Balaban J connectivity index is 1.49. The first-order valence-corrected chi connectivity index (χ1v) is 10.7. The third-order valence-electron chi connectivity index (χ3n) is 6.78. The van der Waals surface area contributed by atoms with E-state index in [1.807, 2.05) is 36.4 Å². The van der Waals surface area contributed by atoms with Gasteiger partial charge in [0.2, 0.25) is 17.7 Å². The van der Waals surface area contributed by atoms with Gasteiger partial charge in [0.25, 0.3) is 5.91 Å². The Morgan fingerprint density at radius 1 is 0.758 bits per heavy atom. The van der Waals surface area contributed by atoms with E-state index in [0.717, 1.165) is 10.5 Å². The van der Waals surface area contributed by atoms with Crippen molar-refractivity contribution in [3.8, 4) is 0 Å². The number of nitrogens with one attached hydrogen (secondary N) is 1. The first-order chi connectivity index (χ1) is 16.0. The summed E-state index contributed by atoms with van der Waals surface area (Å²) in [4.78, 5) is 56.7. The zero-order valence-corrected chi connectivity index (χ0v) is 17.5. The molecule has 3 atom stereocenters. The van der Waals surface area contributed by atoms with Gasteiger partial charge < -0.3 is 10.2 Å². The SMILES string of the molecule is O=C1N[C@@]2(C(=O)N(Cc3ccccc3)c3ccccc32)[C@@H]2C(=O)N(c3ccccc3)C(=O)[C@H]12. The number of anilines is 2. The minimum atomic E-state index is -1.61. The molecule has 2 fully saturated rings. The molecule has 1 spiro atoms. The van der Waals surface area contributed by atoms with Crippen molar-refractivity contribution in [1.82, 2.24) is 5.32 Å². The van der Waals surface area contributed by atoms with Gasteiger partial charge in [-0.05, 0) is 23.8 Å². The Morgan fingerprint density at radius 2 is 1.39 bits per heavy atom. The van der Waals surface area contributed by atoms with Crippen molar-refractivity contribution in [3.05, 3.63) is 96.1 Å². The van der Waals surface area contributed by atoms with Crippen LogP contribution in [0, 0.1) is 11.8 Å². The Kier molecular flexibility index (Phi) is 4.04. The van der Waals surface area contributed by atoms with Crippen molar-refractivity contribution >= 4 is 35.0 Å². The number of imide groups is 1. The first kappa shape index (κ1) is 19.4. The van der Waals surface area contributed by atoms with Crippen molar-refractivity contribution in [2.75, 3.05) is 9.80 Å². The molecular weight excluding hydrogens is 418 g/mol. The number of para-hydroxylation sites is 2. The number of hydrogen-bond acceptors (Lipinski definition) is 4. The molecule has 33 heavy (non-hydrogen) atoms. The number of hydrogen-bond donors (Lipinski definition) is 1. The van der Waals surface area contributed by atoms with Gasteiger partial charge in [0, 0.05) is 5.56 Å². The van der Waals surface area contributed by atoms with Crippen LogP contribution >= 0.6 is 0 Å². The highest BCUT2D eigenvalue weighted by Gasteiger charge is 2.72. The Labute approximate surface area is 189 Å². The fourth-order valence-electron chi connectivity index (χ4n) is 5.38. The van der Waals surface area contributed by atoms with Crippen LogP contribution in [-0.4, -0.2) is 23.6 Å². The lowest BCUT2D eigenvalue weighted by Crippen LogP contribution is -2.54. The van der Waals surface area contributed by atoms with E-state index in [9.17, 15) is 19.2 Å². The average Bonchev–Trinajstić information content (AvgIpc) is 3.39. The number of carbonyl (C=O) groups excluding carboxylic acids is 4. The molecule has 2 saturated heterocycles. The number of carbonyl (C=O) groups is 4. The topological polar surface area (TPSA) is 86.8 Å². The van der Waals surface area contributed by atoms with Gasteiger partial charge in [-0.2, -0.15) is 0 Å². The predicted octanol–water partition coefficient (Wildman–Crippen LogP) is 2.36. The molecule has 3 heterocycles. The summed E-state index contributed by atoms with van der Waals surface area (Å²) in [5.41, 5.74) is 0.875. The van der Waals surface area contributed by atoms with Crippen molar-refractivity contribution in [1.29, 1.82) is 0 Å². The molecule has 3 aliphatic rings. The van der Waals surface area contributed by atoms with E-state index in [4.69, 9.17) is 0 Å². The van der Waals surface area contributed by atoms with Crippen LogP contribution in [0.25, 0.3) is 0 Å². The van der Waals surface area contributed by atoms with Gasteiger partial charge in [-0.15, -0.1) is 0 Å². The van der Waals surface area contributed by atoms with E-state index in [1.165, 1.54) is 0 Å². The highest BCUT2D eigenvalue weighted by atomic mass is 16.2. The van der Waals surface area contributed by atoms with E-state index in [-0.39, 0.29) is 6.54 Å². The highest BCUT2D eigenvalue weighted by Crippen LogP contribution is 2.53. The van der Waals surface area contributed by atoms with Crippen LogP contribution in [-0.2, 0) is 31.3 Å². The molecule has 6 rings (SSSR count). The minimum absolute atomic E-state index is 0.288. The van der Waals surface area contributed by atoms with E-state index in [2.05, 4.69) is 5.32 Å². The van der Waals surface area contributed by atoms with Crippen molar-refractivity contribution in [2.45, 2.75) is 12.1 Å². The third kappa shape index (κ3) is 2.50. The fourth-order valence-corrected chi connectivity index (χ4v) is 5.38. The molecule has 0 radical (unpaired) electrons. The van der Waals surface area contributed by atoms with Crippen LogP contribution in [0.2, 0.25) is 0 Å². The summed E-state index contributed by atoms with van der Waals surface area (Å²) in [5, 5.41) is 2.79. The molecule has 3 aromatic rings. The summed E-state index contributed by atoms with van der Waals surface area (Å²) in [7, 11) is 0. The third-order valence-corrected chi connectivity index (χ3v) is 6.78. The number of benzene rings is 3. The van der Waals surface area contributed by atoms with Crippen molar-refractivity contribution in [2.24, 2.45) is 11.8 Å². The molecule has 162 valence electrons. The summed E-state index contributed by atoms with van der Waals surface area (Å²) in [5.74, 6) is -4.53. The van der Waals surface area contributed by atoms with Gasteiger partial charge in [0.1, 0.15) is 5.92 Å². The predicted molar refractivity (Wildman–Crippen MR) is 120 cm³/mol. The monoisotopic (exact) mass is 437 g/mol. The zero-order chi connectivity index (χ0) is 22.7. The molecule has 0 unspecified atom stereocenters. The van der Waals surface area contributed by atoms with Gasteiger partial charge in [-0.1, -0.05) is 66.7 Å². The van der Waals surface area contributed by atoms with E-state index in [0.29, 0.717) is 16.9 Å². The molecule has 3 aromatic carbocycles. The fraction of sp³-hybridized carbons (Fsp3) is 0.154. The molecule has 4 amide bonds. The lowest BCUT2D eigenvalue weighted by Gasteiger charge is -2.29. The van der Waals surface area contributed by atoms with Gasteiger partial charge in [0.15, 0.2) is 5.54 Å². The summed E-state index contributed by atoms with van der Waals surface area (Å²) >= 11 is 0. The summed E-state index contributed by atoms with van der Waals surface area (Å²) in [6.45, 7) is 0.288. The molecule has 3 aliphatic heterocycles. The largest absolute Gasteiger partial charge is 0.337 e. The smallest absolute Gasteiger partial charge is 0.258 e. The second-order valence-corrected chi connectivity index (χ2v) is 8.49. The first-order valence-electron chi connectivity index (χ1n) is 10.7. The van der Waals surface area contributed by atoms with Crippen LogP contribution in [0.1, 0.15) is 11.1 Å². The number of nitrogens with zero attached hydrogens (tertiary/aromatic N) is 2. The second-order valence-electron chi connectivity index (χ2n) is 8.49. The summed E-state index contributed by atoms with van der Waals surface area (Å²) in [6, 6.07) is 25.2. The number of rotatable bonds is 3. The molecule has 0 aliphatic carbocycles. The molecular formula is C26H19N3O4. The van der Waals surface area contributed by atoms with Crippen LogP contribution < -0.4 is 15.1 Å². The van der Waals surface area contributed by atoms with Crippen LogP contribution in [0.3, 0.4) is 0 Å². The van der Waals surface area contributed by atoms with Crippen LogP contribution in [0.15, 0.2) is 84.9 Å². The van der Waals surface area contributed by atoms with Gasteiger partial charge in [-0.3, -0.25) is 19.2 Å². The maximum atomic E-state index is 14.0. The van der Waals surface area contributed by atoms with Gasteiger partial charge in [-0.25, -0.2) is 4.90 Å². The highest BCUT2D eigenvalue weighted by molar-refractivity contribution is 6.32. The average molecular weight is 437 g/mol. The number of fused-ring (bicyclic) bond motifs is 4. The standard InChI is InChI=1S/C26H19N3O4/c30-22-20-21(24(32)29(23(20)31)17-11-5-2-6-12-17)26(27-22)18-13-7-8-14-19(18)28(25(26)33)15-16-9-3-1-4-10-16/h1-14,20-21H,15H2,(H,27,30)/t20-,21-,26+/m0/s1. The molecule has 0 aromatic heterocycles. The lowest BCUT2D eigenvalue weighted by molar-refractivity contribution is -0.133. The van der Waals surface area contributed by atoms with Crippen molar-refractivity contribution < 1.29 is 19.2 Å². The van der Waals surface area contributed by atoms with E-state index in [1.54, 1.807) is 53.4 Å². The molecule has 0 bridgehead atoms. The molecule has 0 saturated carbocycles. The summed E-state index contributed by atoms with van der Waals surface area (Å²) < 4.78 is 0. The molecule has 7 heteroatoms. The maximum absolute atomic E-state index is 14.0. The molecule has 1 N–H and O–H groups in total. The number of amides is 4. The zero-order valence-electron chi connectivity index (χ0n) is 17.5. The summed E-state index contributed by atoms with van der Waals surface area (Å²) in [6.07, 6.45) is 0. The Morgan fingerprint density at radius 3 is 2.12 bits per heavy atom. The molecule has 7 nitrogen and oxygen atoms in total. The lowest BCUT2D eigenvalue weighted by atomic mass is 9.77. The van der Waals surface area contributed by atoms with Crippen molar-refractivity contribution in [3.63, 3.8) is 0 Å². The minimum Gasteiger partial charge on any atom is -0.337 e. The van der Waals surface area contributed by atoms with E-state index < -0.39 is 41.0 Å². The van der Waals surface area contributed by atoms with Gasteiger partial charge in [0.05, 0.1) is 23.8 Å². The van der Waals surface area contributed by atoms with Gasteiger partial charge >= 0.3 is 0 Å². The Bertz CT molecular complexity index is 1320. The quantitative estimate of drug-likeness (QED) is 0.504. The maximum Gasteiger partial charge on any atom is 0.258 e. The normalized spacial score (nSPS) is 25.6. The second kappa shape index (κ2) is 6.87. The van der Waals surface area contributed by atoms with Crippen LogP contribution in [0.5, 0.6) is 0 Å².